The summed E-state index contributed by atoms with van der Waals surface area (Å²) in [4.78, 5) is 0. The molecule has 0 fully saturated rings. The minimum Gasteiger partial charge on any atom is -0.118 e. The fraction of sp³-hybridized carbons (Fsp3) is 0.455. The molecule has 0 bridgehead atoms. The first-order valence-electron chi connectivity index (χ1n) is 4.74. The van der Waals surface area contributed by atoms with Gasteiger partial charge in [0.15, 0.2) is 0 Å². The SMILES string of the molecule is CCCCC(Cl)c1cc(Br)ccc1Br. The number of hydrogen-bond donors (Lipinski definition) is 0. The predicted octanol–water partition coefficient (Wildman–Crippen LogP) is 5.68. The highest BCUT2D eigenvalue weighted by atomic mass is 79.9. The van der Waals surface area contributed by atoms with E-state index in [0.717, 1.165) is 15.4 Å². The lowest BCUT2D eigenvalue weighted by atomic mass is 10.1. The Morgan fingerprint density at radius 2 is 2.07 bits per heavy atom. The summed E-state index contributed by atoms with van der Waals surface area (Å²) in [5.41, 5.74) is 1.18. The molecule has 0 N–H and O–H groups in total. The van der Waals surface area contributed by atoms with E-state index in [9.17, 15) is 0 Å². The molecule has 0 amide bonds. The van der Waals surface area contributed by atoms with Crippen molar-refractivity contribution in [1.29, 1.82) is 0 Å². The van der Waals surface area contributed by atoms with Crippen LogP contribution in [0.5, 0.6) is 0 Å². The van der Waals surface area contributed by atoms with Gasteiger partial charge in [0.05, 0.1) is 5.38 Å². The highest BCUT2D eigenvalue weighted by Crippen LogP contribution is 2.33. The van der Waals surface area contributed by atoms with Crippen LogP contribution in [0.4, 0.5) is 0 Å². The summed E-state index contributed by atoms with van der Waals surface area (Å²) in [6.07, 6.45) is 3.40. The smallest absolute Gasteiger partial charge is 0.0596 e. The summed E-state index contributed by atoms with van der Waals surface area (Å²) < 4.78 is 2.18. The van der Waals surface area contributed by atoms with Crippen LogP contribution in [0.1, 0.15) is 37.1 Å². The quantitative estimate of drug-likeness (QED) is 0.618. The van der Waals surface area contributed by atoms with Gasteiger partial charge in [0.1, 0.15) is 0 Å². The van der Waals surface area contributed by atoms with Crippen molar-refractivity contribution in [3.05, 3.63) is 32.7 Å². The van der Waals surface area contributed by atoms with E-state index in [2.05, 4.69) is 44.8 Å². The fourth-order valence-corrected chi connectivity index (χ4v) is 2.66. The molecule has 1 unspecified atom stereocenters. The molecule has 0 aliphatic heterocycles. The standard InChI is InChI=1S/C11H13Br2Cl/c1-2-3-4-11(14)9-7-8(12)5-6-10(9)13/h5-7,11H,2-4H2,1H3. The van der Waals surface area contributed by atoms with Gasteiger partial charge in [-0.3, -0.25) is 0 Å². The van der Waals surface area contributed by atoms with Gasteiger partial charge in [-0.05, 0) is 30.2 Å². The van der Waals surface area contributed by atoms with E-state index in [-0.39, 0.29) is 5.38 Å². The minimum absolute atomic E-state index is 0.113. The van der Waals surface area contributed by atoms with Crippen LogP contribution in [0.2, 0.25) is 0 Å². The first-order valence-corrected chi connectivity index (χ1v) is 6.76. The third-order valence-electron chi connectivity index (χ3n) is 2.11. The molecule has 1 atom stereocenters. The summed E-state index contributed by atoms with van der Waals surface area (Å²) in [5.74, 6) is 0. The number of benzene rings is 1. The number of hydrogen-bond acceptors (Lipinski definition) is 0. The van der Waals surface area contributed by atoms with Crippen molar-refractivity contribution < 1.29 is 0 Å². The van der Waals surface area contributed by atoms with Gasteiger partial charge >= 0.3 is 0 Å². The van der Waals surface area contributed by atoms with Gasteiger partial charge in [-0.15, -0.1) is 11.6 Å². The third kappa shape index (κ3) is 3.56. The Labute approximate surface area is 107 Å². The largest absolute Gasteiger partial charge is 0.118 e. The molecule has 0 nitrogen and oxygen atoms in total. The van der Waals surface area contributed by atoms with Crippen LogP contribution in [0.15, 0.2) is 27.1 Å². The molecule has 0 aliphatic carbocycles. The van der Waals surface area contributed by atoms with Gasteiger partial charge in [-0.1, -0.05) is 51.6 Å². The Morgan fingerprint density at radius 3 is 2.71 bits per heavy atom. The maximum absolute atomic E-state index is 6.31. The fourth-order valence-electron chi connectivity index (χ4n) is 1.29. The van der Waals surface area contributed by atoms with Crippen molar-refractivity contribution in [3.63, 3.8) is 0 Å². The molecule has 0 aromatic heterocycles. The maximum Gasteiger partial charge on any atom is 0.0596 e. The number of halogens is 3. The average Bonchev–Trinajstić information content (AvgIpc) is 2.18. The van der Waals surface area contributed by atoms with E-state index in [1.165, 1.54) is 18.4 Å². The second-order valence-electron chi connectivity index (χ2n) is 3.28. The van der Waals surface area contributed by atoms with Crippen molar-refractivity contribution >= 4 is 43.5 Å². The molecule has 0 heterocycles. The summed E-state index contributed by atoms with van der Waals surface area (Å²) in [6, 6.07) is 6.12. The Kier molecular flexibility index (Phi) is 5.50. The molecule has 1 rings (SSSR count). The zero-order valence-corrected chi connectivity index (χ0v) is 12.0. The van der Waals surface area contributed by atoms with Crippen molar-refractivity contribution in [3.8, 4) is 0 Å². The number of rotatable bonds is 4. The van der Waals surface area contributed by atoms with Crippen LogP contribution < -0.4 is 0 Å². The van der Waals surface area contributed by atoms with Gasteiger partial charge in [0, 0.05) is 8.95 Å². The Balaban J connectivity index is 2.77. The van der Waals surface area contributed by atoms with E-state index >= 15 is 0 Å². The molecule has 0 saturated heterocycles. The zero-order chi connectivity index (χ0) is 10.6. The number of alkyl halides is 1. The van der Waals surface area contributed by atoms with Gasteiger partial charge < -0.3 is 0 Å². The molecule has 0 spiro atoms. The first-order chi connectivity index (χ1) is 6.65. The molecular formula is C11H13Br2Cl. The summed E-state index contributed by atoms with van der Waals surface area (Å²) in [6.45, 7) is 2.18. The molecule has 0 radical (unpaired) electrons. The van der Waals surface area contributed by atoms with Gasteiger partial charge in [-0.2, -0.15) is 0 Å². The summed E-state index contributed by atoms with van der Waals surface area (Å²) in [7, 11) is 0. The van der Waals surface area contributed by atoms with Crippen LogP contribution in [0.3, 0.4) is 0 Å². The van der Waals surface area contributed by atoms with E-state index < -0.39 is 0 Å². The predicted molar refractivity (Wildman–Crippen MR) is 70.0 cm³/mol. The van der Waals surface area contributed by atoms with Crippen molar-refractivity contribution in [1.82, 2.24) is 0 Å². The molecular weight excluding hydrogens is 327 g/mol. The van der Waals surface area contributed by atoms with E-state index in [4.69, 9.17) is 11.6 Å². The zero-order valence-electron chi connectivity index (χ0n) is 8.06. The highest BCUT2D eigenvalue weighted by Gasteiger charge is 2.11. The van der Waals surface area contributed by atoms with Crippen LogP contribution in [0.25, 0.3) is 0 Å². The lowest BCUT2D eigenvalue weighted by Crippen LogP contribution is -1.92. The van der Waals surface area contributed by atoms with Crippen LogP contribution in [0, 0.1) is 0 Å². The van der Waals surface area contributed by atoms with Gasteiger partial charge in [0.25, 0.3) is 0 Å². The van der Waals surface area contributed by atoms with Crippen LogP contribution in [-0.2, 0) is 0 Å². The lowest BCUT2D eigenvalue weighted by molar-refractivity contribution is 0.699. The topological polar surface area (TPSA) is 0 Å². The van der Waals surface area contributed by atoms with E-state index in [1.807, 2.05) is 12.1 Å². The Morgan fingerprint density at radius 1 is 1.36 bits per heavy atom. The van der Waals surface area contributed by atoms with Crippen molar-refractivity contribution in [2.45, 2.75) is 31.6 Å². The summed E-state index contributed by atoms with van der Waals surface area (Å²) >= 11 is 13.3. The van der Waals surface area contributed by atoms with E-state index in [1.54, 1.807) is 0 Å². The van der Waals surface area contributed by atoms with Crippen molar-refractivity contribution in [2.24, 2.45) is 0 Å². The lowest BCUT2D eigenvalue weighted by Gasteiger charge is -2.11. The molecule has 78 valence electrons. The number of unbranched alkanes of at least 4 members (excludes halogenated alkanes) is 1. The van der Waals surface area contributed by atoms with Gasteiger partial charge in [-0.25, -0.2) is 0 Å². The van der Waals surface area contributed by atoms with Gasteiger partial charge in [0.2, 0.25) is 0 Å². The maximum atomic E-state index is 6.31. The second kappa shape index (κ2) is 6.14. The third-order valence-corrected chi connectivity index (χ3v) is 3.78. The second-order valence-corrected chi connectivity index (χ2v) is 5.57. The van der Waals surface area contributed by atoms with E-state index in [0.29, 0.717) is 0 Å². The van der Waals surface area contributed by atoms with Crippen LogP contribution >= 0.6 is 43.5 Å². The molecule has 1 aromatic rings. The highest BCUT2D eigenvalue weighted by molar-refractivity contribution is 9.11. The molecule has 0 saturated carbocycles. The first kappa shape index (κ1) is 12.5. The minimum atomic E-state index is 0.113. The molecule has 0 aliphatic rings. The van der Waals surface area contributed by atoms with Crippen molar-refractivity contribution in [2.75, 3.05) is 0 Å². The Bertz CT molecular complexity index is 299. The Hall–Kier alpha value is 0.470. The molecule has 1 aromatic carbocycles. The molecule has 3 heteroatoms. The summed E-state index contributed by atoms with van der Waals surface area (Å²) in [5, 5.41) is 0.113. The van der Waals surface area contributed by atoms with Crippen LogP contribution in [-0.4, -0.2) is 0 Å². The average molecular weight is 340 g/mol. The monoisotopic (exact) mass is 338 g/mol. The normalized spacial score (nSPS) is 12.9. The molecule has 14 heavy (non-hydrogen) atoms.